The molecule has 0 spiro atoms. The third kappa shape index (κ3) is 1.82. The highest BCUT2D eigenvalue weighted by Crippen LogP contribution is 2.25. The number of hydrogen-bond acceptors (Lipinski definition) is 2. The van der Waals surface area contributed by atoms with Gasteiger partial charge in [0.15, 0.2) is 0 Å². The van der Waals surface area contributed by atoms with Gasteiger partial charge in [-0.1, -0.05) is 20.8 Å². The van der Waals surface area contributed by atoms with Crippen molar-refractivity contribution in [2.24, 2.45) is 0 Å². The molecule has 0 amide bonds. The molecule has 0 saturated carbocycles. The predicted molar refractivity (Wildman–Crippen MR) is 57.5 cm³/mol. The Morgan fingerprint density at radius 2 is 2.21 bits per heavy atom. The summed E-state index contributed by atoms with van der Waals surface area (Å²) in [5.74, 6) is 0.638. The van der Waals surface area contributed by atoms with Gasteiger partial charge < -0.3 is 5.32 Å². The van der Waals surface area contributed by atoms with Crippen molar-refractivity contribution in [3.63, 3.8) is 0 Å². The lowest BCUT2D eigenvalue weighted by Crippen LogP contribution is -2.11. The van der Waals surface area contributed by atoms with Crippen LogP contribution in [0.4, 0.5) is 0 Å². The van der Waals surface area contributed by atoms with Gasteiger partial charge in [-0.15, -0.1) is 0 Å². The van der Waals surface area contributed by atoms with E-state index in [1.807, 2.05) is 0 Å². The lowest BCUT2D eigenvalue weighted by molar-refractivity contribution is 0.567. The molecule has 1 aromatic rings. The third-order valence-electron chi connectivity index (χ3n) is 2.87. The van der Waals surface area contributed by atoms with Gasteiger partial charge in [-0.25, -0.2) is 0 Å². The highest BCUT2D eigenvalue weighted by atomic mass is 15.1. The summed E-state index contributed by atoms with van der Waals surface area (Å²) in [5.41, 5.74) is 2.61. The maximum Gasteiger partial charge on any atom is 0.0678 e. The number of nitrogens with one attached hydrogen (secondary N) is 2. The first kappa shape index (κ1) is 9.71. The van der Waals surface area contributed by atoms with Crippen molar-refractivity contribution in [1.29, 1.82) is 0 Å². The molecule has 1 aliphatic heterocycles. The lowest BCUT2D eigenvalue weighted by atomic mass is 9.91. The minimum Gasteiger partial charge on any atom is -0.316 e. The fourth-order valence-electron chi connectivity index (χ4n) is 1.85. The average molecular weight is 193 g/mol. The Morgan fingerprint density at radius 1 is 1.43 bits per heavy atom. The van der Waals surface area contributed by atoms with Crippen LogP contribution in [0.3, 0.4) is 0 Å². The summed E-state index contributed by atoms with van der Waals surface area (Å²) < 4.78 is 0. The molecule has 78 valence electrons. The van der Waals surface area contributed by atoms with Crippen LogP contribution in [-0.2, 0) is 5.41 Å². The van der Waals surface area contributed by atoms with Gasteiger partial charge in [0.2, 0.25) is 0 Å². The SMILES string of the molecule is CC(C)(C)c1cc(C2CCNC2)[nH]n1. The van der Waals surface area contributed by atoms with Crippen LogP contribution in [0.25, 0.3) is 0 Å². The second kappa shape index (κ2) is 3.39. The number of rotatable bonds is 1. The minimum atomic E-state index is 0.154. The van der Waals surface area contributed by atoms with Crippen LogP contribution in [0.1, 0.15) is 44.5 Å². The van der Waals surface area contributed by atoms with E-state index in [1.54, 1.807) is 0 Å². The van der Waals surface area contributed by atoms with Gasteiger partial charge in [-0.2, -0.15) is 5.10 Å². The predicted octanol–water partition coefficient (Wildman–Crippen LogP) is 1.78. The summed E-state index contributed by atoms with van der Waals surface area (Å²) >= 11 is 0. The first-order chi connectivity index (χ1) is 6.57. The van der Waals surface area contributed by atoms with E-state index in [0.717, 1.165) is 13.1 Å². The molecule has 2 N–H and O–H groups in total. The molecular weight excluding hydrogens is 174 g/mol. The van der Waals surface area contributed by atoms with E-state index in [0.29, 0.717) is 5.92 Å². The standard InChI is InChI=1S/C11H19N3/c1-11(2,3)10-6-9(13-14-10)8-4-5-12-7-8/h6,8,12H,4-5,7H2,1-3H3,(H,13,14). The Labute approximate surface area is 85.3 Å². The zero-order chi connectivity index (χ0) is 10.2. The monoisotopic (exact) mass is 193 g/mol. The zero-order valence-electron chi connectivity index (χ0n) is 9.22. The van der Waals surface area contributed by atoms with Crippen molar-refractivity contribution in [2.45, 2.75) is 38.5 Å². The van der Waals surface area contributed by atoms with Crippen molar-refractivity contribution in [1.82, 2.24) is 15.5 Å². The topological polar surface area (TPSA) is 40.7 Å². The van der Waals surface area contributed by atoms with Crippen molar-refractivity contribution >= 4 is 0 Å². The second-order valence-electron chi connectivity index (χ2n) is 5.15. The van der Waals surface area contributed by atoms with E-state index >= 15 is 0 Å². The Morgan fingerprint density at radius 3 is 2.71 bits per heavy atom. The molecule has 1 aliphatic rings. The summed E-state index contributed by atoms with van der Waals surface area (Å²) in [6, 6.07) is 2.22. The minimum absolute atomic E-state index is 0.154. The molecule has 0 radical (unpaired) electrons. The molecule has 0 aromatic carbocycles. The first-order valence-electron chi connectivity index (χ1n) is 5.34. The number of aromatic nitrogens is 2. The summed E-state index contributed by atoms with van der Waals surface area (Å²) in [4.78, 5) is 0. The Bertz CT molecular complexity index is 303. The summed E-state index contributed by atoms with van der Waals surface area (Å²) in [6.07, 6.45) is 1.23. The average Bonchev–Trinajstić information content (AvgIpc) is 2.73. The van der Waals surface area contributed by atoms with Gasteiger partial charge >= 0.3 is 0 Å². The van der Waals surface area contributed by atoms with Crippen LogP contribution in [0.5, 0.6) is 0 Å². The Hall–Kier alpha value is -0.830. The maximum absolute atomic E-state index is 4.38. The molecule has 0 aliphatic carbocycles. The Kier molecular flexibility index (Phi) is 2.35. The summed E-state index contributed by atoms with van der Waals surface area (Å²) in [6.45, 7) is 8.81. The fraction of sp³-hybridized carbons (Fsp3) is 0.727. The van der Waals surface area contributed by atoms with Crippen LogP contribution in [0.15, 0.2) is 6.07 Å². The quantitative estimate of drug-likeness (QED) is 0.714. The molecule has 1 unspecified atom stereocenters. The number of H-pyrrole nitrogens is 1. The molecule has 1 aromatic heterocycles. The van der Waals surface area contributed by atoms with Crippen LogP contribution in [-0.4, -0.2) is 23.3 Å². The molecule has 0 bridgehead atoms. The van der Waals surface area contributed by atoms with E-state index in [-0.39, 0.29) is 5.41 Å². The van der Waals surface area contributed by atoms with Crippen molar-refractivity contribution < 1.29 is 0 Å². The molecule has 14 heavy (non-hydrogen) atoms. The van der Waals surface area contributed by atoms with E-state index in [9.17, 15) is 0 Å². The highest BCUT2D eigenvalue weighted by Gasteiger charge is 2.22. The van der Waals surface area contributed by atoms with Gasteiger partial charge in [0.25, 0.3) is 0 Å². The Balaban J connectivity index is 2.17. The lowest BCUT2D eigenvalue weighted by Gasteiger charge is -2.13. The van der Waals surface area contributed by atoms with E-state index in [1.165, 1.54) is 17.8 Å². The van der Waals surface area contributed by atoms with Crippen LogP contribution >= 0.6 is 0 Å². The van der Waals surface area contributed by atoms with Gasteiger partial charge in [0.1, 0.15) is 0 Å². The van der Waals surface area contributed by atoms with Gasteiger partial charge in [-0.3, -0.25) is 5.10 Å². The van der Waals surface area contributed by atoms with Crippen molar-refractivity contribution in [3.05, 3.63) is 17.5 Å². The number of nitrogens with zero attached hydrogens (tertiary/aromatic N) is 1. The van der Waals surface area contributed by atoms with E-state index < -0.39 is 0 Å². The molecular formula is C11H19N3. The molecule has 1 atom stereocenters. The molecule has 3 heteroatoms. The van der Waals surface area contributed by atoms with Crippen LogP contribution < -0.4 is 5.32 Å². The normalized spacial score (nSPS) is 22.9. The first-order valence-corrected chi connectivity index (χ1v) is 5.34. The summed E-state index contributed by atoms with van der Waals surface area (Å²) in [7, 11) is 0. The van der Waals surface area contributed by atoms with Crippen LogP contribution in [0.2, 0.25) is 0 Å². The molecule has 3 nitrogen and oxygen atoms in total. The van der Waals surface area contributed by atoms with E-state index in [2.05, 4.69) is 42.4 Å². The largest absolute Gasteiger partial charge is 0.316 e. The summed E-state index contributed by atoms with van der Waals surface area (Å²) in [5, 5.41) is 10.9. The zero-order valence-corrected chi connectivity index (χ0v) is 9.22. The second-order valence-corrected chi connectivity index (χ2v) is 5.15. The maximum atomic E-state index is 4.38. The molecule has 2 rings (SSSR count). The molecule has 2 heterocycles. The number of aromatic amines is 1. The smallest absolute Gasteiger partial charge is 0.0678 e. The highest BCUT2D eigenvalue weighted by molar-refractivity contribution is 5.20. The molecule has 1 saturated heterocycles. The van der Waals surface area contributed by atoms with Crippen molar-refractivity contribution in [3.8, 4) is 0 Å². The van der Waals surface area contributed by atoms with Crippen LogP contribution in [0, 0.1) is 0 Å². The third-order valence-corrected chi connectivity index (χ3v) is 2.87. The van der Waals surface area contributed by atoms with Gasteiger partial charge in [-0.05, 0) is 19.0 Å². The molecule has 1 fully saturated rings. The fourth-order valence-corrected chi connectivity index (χ4v) is 1.85. The van der Waals surface area contributed by atoms with Gasteiger partial charge in [0, 0.05) is 23.6 Å². The van der Waals surface area contributed by atoms with E-state index in [4.69, 9.17) is 0 Å². The number of hydrogen-bond donors (Lipinski definition) is 2. The van der Waals surface area contributed by atoms with Gasteiger partial charge in [0.05, 0.1) is 5.69 Å². The van der Waals surface area contributed by atoms with Crippen molar-refractivity contribution in [2.75, 3.05) is 13.1 Å².